The van der Waals surface area contributed by atoms with Crippen molar-refractivity contribution in [2.45, 2.75) is 19.0 Å². The van der Waals surface area contributed by atoms with Crippen LogP contribution in [-0.2, 0) is 17.8 Å². The second kappa shape index (κ2) is 6.88. The van der Waals surface area contributed by atoms with Gasteiger partial charge in [0.05, 0.1) is 31.0 Å². The van der Waals surface area contributed by atoms with E-state index in [4.69, 9.17) is 15.6 Å². The first-order valence-electron chi connectivity index (χ1n) is 6.72. The second-order valence-electron chi connectivity index (χ2n) is 4.92. The summed E-state index contributed by atoms with van der Waals surface area (Å²) in [5.41, 5.74) is 6.99. The lowest BCUT2D eigenvalue weighted by atomic mass is 10.0. The first-order valence-corrected chi connectivity index (χ1v) is 6.72. The molecule has 0 saturated carbocycles. The average molecular weight is 320 g/mol. The average Bonchev–Trinajstić information content (AvgIpc) is 2.96. The van der Waals surface area contributed by atoms with Gasteiger partial charge in [0.1, 0.15) is 11.8 Å². The lowest BCUT2D eigenvalue weighted by Gasteiger charge is -2.11. The highest BCUT2D eigenvalue weighted by Crippen LogP contribution is 2.22. The molecule has 0 aliphatic carbocycles. The van der Waals surface area contributed by atoms with E-state index in [0.29, 0.717) is 5.75 Å². The largest absolute Gasteiger partial charge is 0.496 e. The molecule has 0 fully saturated rings. The number of nitro groups is 1. The third-order valence-electron chi connectivity index (χ3n) is 3.26. The Labute approximate surface area is 131 Å². The fourth-order valence-electron chi connectivity index (χ4n) is 2.13. The van der Waals surface area contributed by atoms with Crippen LogP contribution in [0.3, 0.4) is 0 Å². The number of rotatable bonds is 7. The highest BCUT2D eigenvalue weighted by molar-refractivity contribution is 5.73. The van der Waals surface area contributed by atoms with Crippen LogP contribution in [0.4, 0.5) is 5.82 Å². The normalized spacial score (nSPS) is 11.9. The van der Waals surface area contributed by atoms with E-state index in [1.54, 1.807) is 18.2 Å². The molecule has 9 heteroatoms. The molecule has 0 aliphatic heterocycles. The van der Waals surface area contributed by atoms with Crippen LogP contribution < -0.4 is 10.5 Å². The number of carbonyl (C=O) groups is 1. The maximum atomic E-state index is 10.8. The molecule has 0 spiro atoms. The Hall–Kier alpha value is -2.94. The molecule has 2 rings (SSSR count). The number of carboxylic acids is 1. The minimum Gasteiger partial charge on any atom is -0.496 e. The van der Waals surface area contributed by atoms with Gasteiger partial charge >= 0.3 is 11.8 Å². The fraction of sp³-hybridized carbons (Fsp3) is 0.286. The monoisotopic (exact) mass is 320 g/mol. The first-order chi connectivity index (χ1) is 10.9. The van der Waals surface area contributed by atoms with Gasteiger partial charge in [-0.15, -0.1) is 0 Å². The third-order valence-corrected chi connectivity index (χ3v) is 3.26. The molecule has 2 aromatic rings. The predicted molar refractivity (Wildman–Crippen MR) is 80.3 cm³/mol. The third kappa shape index (κ3) is 4.04. The van der Waals surface area contributed by atoms with Crippen molar-refractivity contribution >= 4 is 11.8 Å². The molecule has 1 unspecified atom stereocenters. The van der Waals surface area contributed by atoms with E-state index in [0.717, 1.165) is 11.1 Å². The number of hydrogen-bond acceptors (Lipinski definition) is 6. The number of hydrogen-bond donors (Lipinski definition) is 2. The fourth-order valence-corrected chi connectivity index (χ4v) is 2.13. The van der Waals surface area contributed by atoms with E-state index >= 15 is 0 Å². The summed E-state index contributed by atoms with van der Waals surface area (Å²) in [6, 6.07) is 5.50. The lowest BCUT2D eigenvalue weighted by Crippen LogP contribution is -2.32. The molecular weight excluding hydrogens is 304 g/mol. The molecule has 0 bridgehead atoms. The van der Waals surface area contributed by atoms with Gasteiger partial charge in [0.15, 0.2) is 0 Å². The Morgan fingerprint density at radius 2 is 2.26 bits per heavy atom. The number of carboxylic acid groups (broad SMARTS) is 1. The van der Waals surface area contributed by atoms with Crippen molar-refractivity contribution in [1.82, 2.24) is 9.78 Å². The van der Waals surface area contributed by atoms with Gasteiger partial charge in [-0.25, -0.2) is 0 Å². The standard InChI is InChI=1S/C14H16N4O5/c1-23-12-3-2-9(7-11(15)14(19)20)6-10(12)8-17-5-4-13(16-17)18(21)22/h2-6,11H,7-8,15H2,1H3,(H,19,20). The molecule has 23 heavy (non-hydrogen) atoms. The van der Waals surface area contributed by atoms with Crippen LogP contribution in [0.1, 0.15) is 11.1 Å². The molecule has 1 heterocycles. The lowest BCUT2D eigenvalue weighted by molar-refractivity contribution is -0.389. The van der Waals surface area contributed by atoms with Crippen molar-refractivity contribution in [3.05, 3.63) is 51.7 Å². The van der Waals surface area contributed by atoms with E-state index in [-0.39, 0.29) is 18.8 Å². The number of nitrogens with two attached hydrogens (primary N) is 1. The van der Waals surface area contributed by atoms with Crippen molar-refractivity contribution in [3.8, 4) is 5.75 Å². The van der Waals surface area contributed by atoms with Crippen LogP contribution in [0.25, 0.3) is 0 Å². The SMILES string of the molecule is COc1ccc(CC(N)C(=O)O)cc1Cn1ccc([N+](=O)[O-])n1. The second-order valence-corrected chi connectivity index (χ2v) is 4.92. The van der Waals surface area contributed by atoms with Gasteiger partial charge in [-0.2, -0.15) is 4.68 Å². The number of ether oxygens (including phenoxy) is 1. The van der Waals surface area contributed by atoms with Gasteiger partial charge in [-0.3, -0.25) is 4.79 Å². The Bertz CT molecular complexity index is 728. The highest BCUT2D eigenvalue weighted by atomic mass is 16.6. The zero-order chi connectivity index (χ0) is 17.0. The van der Waals surface area contributed by atoms with E-state index in [2.05, 4.69) is 5.10 Å². The maximum absolute atomic E-state index is 10.8. The van der Waals surface area contributed by atoms with E-state index in [1.165, 1.54) is 24.1 Å². The molecule has 1 atom stereocenters. The Balaban J connectivity index is 2.24. The zero-order valence-electron chi connectivity index (χ0n) is 12.4. The van der Waals surface area contributed by atoms with Gasteiger partial charge in [0.25, 0.3) is 0 Å². The molecule has 1 aromatic carbocycles. The minimum absolute atomic E-state index is 0.172. The zero-order valence-corrected chi connectivity index (χ0v) is 12.4. The molecule has 122 valence electrons. The summed E-state index contributed by atoms with van der Waals surface area (Å²) in [5.74, 6) is -0.742. The van der Waals surface area contributed by atoms with Crippen LogP contribution in [0.5, 0.6) is 5.75 Å². The summed E-state index contributed by atoms with van der Waals surface area (Å²) in [4.78, 5) is 20.9. The smallest absolute Gasteiger partial charge is 0.389 e. The predicted octanol–water partition coefficient (Wildman–Crippen LogP) is 0.803. The van der Waals surface area contributed by atoms with Crippen LogP contribution in [0.2, 0.25) is 0 Å². The van der Waals surface area contributed by atoms with Crippen molar-refractivity contribution < 1.29 is 19.6 Å². The molecule has 3 N–H and O–H groups in total. The summed E-state index contributed by atoms with van der Waals surface area (Å²) in [7, 11) is 1.51. The maximum Gasteiger partial charge on any atom is 0.389 e. The van der Waals surface area contributed by atoms with Crippen molar-refractivity contribution in [1.29, 1.82) is 0 Å². The van der Waals surface area contributed by atoms with Crippen molar-refractivity contribution in [3.63, 3.8) is 0 Å². The minimum atomic E-state index is -1.08. The summed E-state index contributed by atoms with van der Waals surface area (Å²) in [6.45, 7) is 0.257. The summed E-state index contributed by atoms with van der Waals surface area (Å²) in [5, 5.41) is 23.4. The van der Waals surface area contributed by atoms with Gasteiger partial charge < -0.3 is 25.7 Å². The quantitative estimate of drug-likeness (QED) is 0.569. The van der Waals surface area contributed by atoms with Gasteiger partial charge in [0, 0.05) is 5.56 Å². The van der Waals surface area contributed by atoms with Crippen LogP contribution in [-0.4, -0.2) is 38.9 Å². The number of aliphatic carboxylic acids is 1. The van der Waals surface area contributed by atoms with Crippen LogP contribution in [0, 0.1) is 10.1 Å². The number of benzene rings is 1. The molecule has 0 radical (unpaired) electrons. The Morgan fingerprint density at radius 3 is 2.83 bits per heavy atom. The van der Waals surface area contributed by atoms with Gasteiger partial charge in [0.2, 0.25) is 0 Å². The molecule has 0 saturated heterocycles. The Kier molecular flexibility index (Phi) is 4.91. The topological polar surface area (TPSA) is 134 Å². The number of methoxy groups -OCH3 is 1. The first kappa shape index (κ1) is 16.4. The summed E-state index contributed by atoms with van der Waals surface area (Å²) < 4.78 is 6.67. The van der Waals surface area contributed by atoms with Crippen molar-refractivity contribution in [2.75, 3.05) is 7.11 Å². The summed E-state index contributed by atoms with van der Waals surface area (Å²) in [6.07, 6.45) is 1.67. The number of nitrogens with zero attached hydrogens (tertiary/aromatic N) is 3. The van der Waals surface area contributed by atoms with E-state index in [9.17, 15) is 14.9 Å². The molecule has 0 aliphatic rings. The highest BCUT2D eigenvalue weighted by Gasteiger charge is 2.16. The van der Waals surface area contributed by atoms with E-state index < -0.39 is 16.9 Å². The van der Waals surface area contributed by atoms with Gasteiger partial charge in [-0.1, -0.05) is 12.1 Å². The Morgan fingerprint density at radius 1 is 1.52 bits per heavy atom. The van der Waals surface area contributed by atoms with Gasteiger partial charge in [-0.05, 0) is 23.0 Å². The van der Waals surface area contributed by atoms with E-state index in [1.807, 2.05) is 0 Å². The molecular formula is C14H16N4O5. The van der Waals surface area contributed by atoms with Crippen molar-refractivity contribution in [2.24, 2.45) is 5.73 Å². The molecule has 9 nitrogen and oxygen atoms in total. The molecule has 1 aromatic heterocycles. The number of aromatic nitrogens is 2. The van der Waals surface area contributed by atoms with Crippen LogP contribution in [0.15, 0.2) is 30.5 Å². The summed E-state index contributed by atoms with van der Waals surface area (Å²) >= 11 is 0. The van der Waals surface area contributed by atoms with Crippen LogP contribution >= 0.6 is 0 Å². The molecule has 0 amide bonds.